The maximum atomic E-state index is 4.48. The molecule has 0 bridgehead atoms. The van der Waals surface area contributed by atoms with Crippen molar-refractivity contribution in [2.24, 2.45) is 7.05 Å². The van der Waals surface area contributed by atoms with Crippen LogP contribution in [-0.2, 0) is 19.9 Å². The molecule has 7 heteroatoms. The minimum absolute atomic E-state index is 0.621. The van der Waals surface area contributed by atoms with Crippen LogP contribution in [0.2, 0.25) is 0 Å². The lowest BCUT2D eigenvalue weighted by Crippen LogP contribution is -2.03. The fraction of sp³-hybridized carbons (Fsp3) is 0.471. The largest absolute Gasteiger partial charge is 0.303 e. The fourth-order valence-electron chi connectivity index (χ4n) is 2.84. The Morgan fingerprint density at radius 1 is 1.33 bits per heavy atom. The van der Waals surface area contributed by atoms with Gasteiger partial charge in [-0.05, 0) is 42.7 Å². The number of aromatic nitrogens is 5. The van der Waals surface area contributed by atoms with Gasteiger partial charge in [-0.25, -0.2) is 0 Å². The van der Waals surface area contributed by atoms with Crippen LogP contribution in [0.4, 0.5) is 0 Å². The Bertz CT molecular complexity index is 786. The molecule has 0 aromatic carbocycles. The summed E-state index contributed by atoms with van der Waals surface area (Å²) < 4.78 is 4.25. The molecule has 1 aliphatic carbocycles. The van der Waals surface area contributed by atoms with E-state index in [2.05, 4.69) is 43.6 Å². The lowest BCUT2D eigenvalue weighted by atomic mass is 10.2. The molecule has 0 unspecified atom stereocenters. The van der Waals surface area contributed by atoms with E-state index in [1.807, 2.05) is 29.7 Å². The highest BCUT2D eigenvalue weighted by molar-refractivity contribution is 7.99. The number of hydrogen-bond donors (Lipinski definition) is 0. The van der Waals surface area contributed by atoms with Gasteiger partial charge in [0.25, 0.3) is 0 Å². The van der Waals surface area contributed by atoms with Gasteiger partial charge in [-0.3, -0.25) is 4.68 Å². The standard InChI is InChI=1S/C17H21N5S2/c1-21-12-13(11-18-21)4-2-9-24-17-20-19-16(22(17)14-6-7-14)10-15-5-3-8-23-15/h3,5,8,11-12,14H,2,4,6-7,9-10H2,1H3. The third kappa shape index (κ3) is 3.72. The van der Waals surface area contributed by atoms with E-state index in [4.69, 9.17) is 0 Å². The summed E-state index contributed by atoms with van der Waals surface area (Å²) in [5, 5.41) is 16.4. The molecule has 24 heavy (non-hydrogen) atoms. The lowest BCUT2D eigenvalue weighted by molar-refractivity contribution is 0.634. The maximum absolute atomic E-state index is 4.48. The van der Waals surface area contributed by atoms with E-state index in [-0.39, 0.29) is 0 Å². The van der Waals surface area contributed by atoms with Crippen molar-refractivity contribution in [1.29, 1.82) is 0 Å². The van der Waals surface area contributed by atoms with E-state index in [0.717, 1.165) is 36.0 Å². The number of thioether (sulfide) groups is 1. The summed E-state index contributed by atoms with van der Waals surface area (Å²) in [7, 11) is 1.96. The summed E-state index contributed by atoms with van der Waals surface area (Å²) in [6, 6.07) is 4.90. The molecule has 0 radical (unpaired) electrons. The lowest BCUT2D eigenvalue weighted by Gasteiger charge is -2.08. The fourth-order valence-corrected chi connectivity index (χ4v) is 4.50. The Kier molecular flexibility index (Phi) is 4.71. The molecule has 5 nitrogen and oxygen atoms in total. The van der Waals surface area contributed by atoms with Crippen LogP contribution in [0, 0.1) is 0 Å². The molecule has 0 saturated heterocycles. The topological polar surface area (TPSA) is 48.5 Å². The number of rotatable bonds is 8. The quantitative estimate of drug-likeness (QED) is 0.454. The van der Waals surface area contributed by atoms with Crippen LogP contribution in [0.25, 0.3) is 0 Å². The van der Waals surface area contributed by atoms with Crippen molar-refractivity contribution < 1.29 is 0 Å². The van der Waals surface area contributed by atoms with Crippen molar-refractivity contribution in [3.05, 3.63) is 46.2 Å². The van der Waals surface area contributed by atoms with Gasteiger partial charge in [0.2, 0.25) is 0 Å². The van der Waals surface area contributed by atoms with E-state index >= 15 is 0 Å². The Morgan fingerprint density at radius 2 is 2.25 bits per heavy atom. The normalized spacial score (nSPS) is 14.4. The van der Waals surface area contributed by atoms with E-state index in [1.54, 1.807) is 11.3 Å². The van der Waals surface area contributed by atoms with E-state index in [9.17, 15) is 0 Å². The van der Waals surface area contributed by atoms with Gasteiger partial charge in [0, 0.05) is 36.3 Å². The highest BCUT2D eigenvalue weighted by atomic mass is 32.2. The molecule has 1 aliphatic rings. The predicted octanol–water partition coefficient (Wildman–Crippen LogP) is 3.72. The number of nitrogens with zero attached hydrogens (tertiary/aromatic N) is 5. The highest BCUT2D eigenvalue weighted by Gasteiger charge is 2.29. The van der Waals surface area contributed by atoms with Crippen molar-refractivity contribution in [3.8, 4) is 0 Å². The van der Waals surface area contributed by atoms with Crippen LogP contribution in [0.3, 0.4) is 0 Å². The summed E-state index contributed by atoms with van der Waals surface area (Å²) >= 11 is 3.63. The predicted molar refractivity (Wildman–Crippen MR) is 97.7 cm³/mol. The molecule has 1 saturated carbocycles. The average Bonchev–Trinajstić information content (AvgIpc) is 2.97. The van der Waals surface area contributed by atoms with Crippen molar-refractivity contribution in [1.82, 2.24) is 24.5 Å². The van der Waals surface area contributed by atoms with Crippen molar-refractivity contribution in [2.45, 2.75) is 43.3 Å². The molecule has 0 atom stereocenters. The van der Waals surface area contributed by atoms with Crippen LogP contribution >= 0.6 is 23.1 Å². The maximum Gasteiger partial charge on any atom is 0.191 e. The monoisotopic (exact) mass is 359 g/mol. The first-order valence-corrected chi connectivity index (χ1v) is 10.2. The van der Waals surface area contributed by atoms with Gasteiger partial charge in [0.1, 0.15) is 5.82 Å². The summed E-state index contributed by atoms with van der Waals surface area (Å²) in [4.78, 5) is 1.36. The second kappa shape index (κ2) is 7.11. The van der Waals surface area contributed by atoms with Crippen LogP contribution in [0.1, 0.15) is 41.6 Å². The van der Waals surface area contributed by atoms with Gasteiger partial charge in [0.15, 0.2) is 5.16 Å². The average molecular weight is 360 g/mol. The first-order valence-electron chi connectivity index (χ1n) is 8.36. The number of hydrogen-bond acceptors (Lipinski definition) is 5. The van der Waals surface area contributed by atoms with Gasteiger partial charge in [-0.15, -0.1) is 21.5 Å². The Balaban J connectivity index is 1.37. The van der Waals surface area contributed by atoms with Crippen LogP contribution in [0.15, 0.2) is 35.1 Å². The third-order valence-corrected chi connectivity index (χ3v) is 6.06. The van der Waals surface area contributed by atoms with Crippen molar-refractivity contribution >= 4 is 23.1 Å². The second-order valence-corrected chi connectivity index (χ2v) is 8.32. The molecule has 3 heterocycles. The van der Waals surface area contributed by atoms with Crippen molar-refractivity contribution in [3.63, 3.8) is 0 Å². The summed E-state index contributed by atoms with van der Waals surface area (Å²) in [5.41, 5.74) is 1.31. The van der Waals surface area contributed by atoms with Gasteiger partial charge in [-0.1, -0.05) is 17.8 Å². The Labute approximate surface area is 150 Å². The zero-order valence-corrected chi connectivity index (χ0v) is 15.4. The molecule has 0 amide bonds. The van der Waals surface area contributed by atoms with Crippen LogP contribution in [-0.4, -0.2) is 30.3 Å². The van der Waals surface area contributed by atoms with Gasteiger partial charge < -0.3 is 4.57 Å². The third-order valence-electron chi connectivity index (χ3n) is 4.16. The zero-order valence-electron chi connectivity index (χ0n) is 13.8. The molecule has 0 N–H and O–H groups in total. The number of thiophene rings is 1. The van der Waals surface area contributed by atoms with Crippen molar-refractivity contribution in [2.75, 3.05) is 5.75 Å². The minimum Gasteiger partial charge on any atom is -0.303 e. The molecule has 3 aromatic rings. The smallest absolute Gasteiger partial charge is 0.191 e. The number of aryl methyl sites for hydroxylation is 2. The zero-order chi connectivity index (χ0) is 16.4. The molecule has 3 aromatic heterocycles. The molecule has 0 spiro atoms. The molecule has 0 aliphatic heterocycles. The SMILES string of the molecule is Cn1cc(CCCSc2nnc(Cc3cccs3)n2C2CC2)cn1. The Morgan fingerprint density at radius 3 is 2.96 bits per heavy atom. The molecular formula is C17H21N5S2. The molecular weight excluding hydrogens is 338 g/mol. The minimum atomic E-state index is 0.621. The molecule has 126 valence electrons. The summed E-state index contributed by atoms with van der Waals surface area (Å²) in [6.45, 7) is 0. The van der Waals surface area contributed by atoms with Crippen LogP contribution in [0.5, 0.6) is 0 Å². The highest BCUT2D eigenvalue weighted by Crippen LogP contribution is 2.39. The second-order valence-electron chi connectivity index (χ2n) is 6.23. The first-order chi connectivity index (χ1) is 11.8. The first kappa shape index (κ1) is 15.9. The van der Waals surface area contributed by atoms with Gasteiger partial charge >= 0.3 is 0 Å². The summed E-state index contributed by atoms with van der Waals surface area (Å²) in [6.07, 6.45) is 9.68. The van der Waals surface area contributed by atoms with Gasteiger partial charge in [0.05, 0.1) is 6.20 Å². The van der Waals surface area contributed by atoms with E-state index in [0.29, 0.717) is 6.04 Å². The van der Waals surface area contributed by atoms with E-state index < -0.39 is 0 Å². The molecule has 4 rings (SSSR count). The van der Waals surface area contributed by atoms with E-state index in [1.165, 1.54) is 23.3 Å². The van der Waals surface area contributed by atoms with Gasteiger partial charge in [-0.2, -0.15) is 5.10 Å². The molecule has 1 fully saturated rings. The Hall–Kier alpha value is -1.60. The summed E-state index contributed by atoms with van der Waals surface area (Å²) in [5.74, 6) is 2.19. The van der Waals surface area contributed by atoms with Crippen LogP contribution < -0.4 is 0 Å².